The lowest BCUT2D eigenvalue weighted by molar-refractivity contribution is -0.165. The second-order valence-corrected chi connectivity index (χ2v) is 14.8. The number of ketones is 1. The molecule has 2 atom stereocenters. The monoisotopic (exact) mass is 739 g/mol. The first-order chi connectivity index (χ1) is 24.6. The Labute approximate surface area is 313 Å². The lowest BCUT2D eigenvalue weighted by atomic mass is 9.87. The number of hydrogen-bond acceptors (Lipinski definition) is 9. The van der Waals surface area contributed by atoms with Crippen molar-refractivity contribution < 1.29 is 42.9 Å². The molecule has 0 aliphatic carbocycles. The Morgan fingerprint density at radius 3 is 2.37 bits per heavy atom. The van der Waals surface area contributed by atoms with Crippen molar-refractivity contribution in [3.63, 3.8) is 0 Å². The number of methoxy groups -OCH3 is 2. The lowest BCUT2D eigenvalue weighted by Gasteiger charge is -2.36. The fourth-order valence-corrected chi connectivity index (χ4v) is 5.75. The van der Waals surface area contributed by atoms with Gasteiger partial charge in [-0.1, -0.05) is 58.0 Å². The molecule has 284 valence electrons. The van der Waals surface area contributed by atoms with Gasteiger partial charge in [-0.25, -0.2) is 9.59 Å². The van der Waals surface area contributed by atoms with Crippen LogP contribution < -0.4 is 14.2 Å². The molecule has 0 unspecified atom stereocenters. The standard InChI is InChI=1S/C41H54ClNO9/c1-26(2)13-18-37(44)51-25-41(6,7)38(45)39(46)43-19-11-10-12-33(43)40(47)52-34(16-14-29-15-17-35(48-8)36(20-29)49-9)30-21-31(42)23-32(22-30)50-24-28(5)27(3)4/h13,15,17-18,20-23,26-27,33-34H,5,10-12,14,16,19,24-25H2,1-4,6-9H3/t33-,34+/m0/s1. The largest absolute Gasteiger partial charge is 0.493 e. The molecule has 1 aliphatic heterocycles. The molecular formula is C41H54ClNO9. The zero-order valence-electron chi connectivity index (χ0n) is 31.8. The van der Waals surface area contributed by atoms with Crippen LogP contribution in [0.3, 0.4) is 0 Å². The predicted molar refractivity (Wildman–Crippen MR) is 201 cm³/mol. The van der Waals surface area contributed by atoms with E-state index >= 15 is 0 Å². The van der Waals surface area contributed by atoms with Crippen molar-refractivity contribution >= 4 is 35.2 Å². The summed E-state index contributed by atoms with van der Waals surface area (Å²) in [6.45, 7) is 15.3. The number of rotatable bonds is 18. The molecule has 52 heavy (non-hydrogen) atoms. The Bertz CT molecular complexity index is 1610. The van der Waals surface area contributed by atoms with Gasteiger partial charge in [0.2, 0.25) is 5.78 Å². The van der Waals surface area contributed by atoms with Gasteiger partial charge in [0.1, 0.15) is 31.1 Å². The van der Waals surface area contributed by atoms with Gasteiger partial charge in [-0.05, 0) is 105 Å². The van der Waals surface area contributed by atoms with E-state index in [1.807, 2.05) is 45.9 Å². The summed E-state index contributed by atoms with van der Waals surface area (Å²) in [7, 11) is 3.13. The fraction of sp³-hybridized carbons (Fsp3) is 0.512. The third-order valence-corrected chi connectivity index (χ3v) is 9.16. The van der Waals surface area contributed by atoms with Gasteiger partial charge in [-0.2, -0.15) is 0 Å². The predicted octanol–water partition coefficient (Wildman–Crippen LogP) is 7.90. The number of piperidine rings is 1. The molecule has 0 radical (unpaired) electrons. The number of halogens is 1. The average Bonchev–Trinajstić information content (AvgIpc) is 3.12. The summed E-state index contributed by atoms with van der Waals surface area (Å²) in [5, 5.41) is 0.400. The van der Waals surface area contributed by atoms with Crippen LogP contribution in [-0.2, 0) is 35.1 Å². The Kier molecular flexibility index (Phi) is 15.8. The molecule has 1 heterocycles. The number of likely N-dealkylation sites (tertiary alicyclic amines) is 1. The first-order valence-electron chi connectivity index (χ1n) is 17.8. The van der Waals surface area contributed by atoms with Gasteiger partial charge in [0, 0.05) is 17.6 Å². The van der Waals surface area contributed by atoms with Crippen LogP contribution in [0.25, 0.3) is 0 Å². The highest BCUT2D eigenvalue weighted by Crippen LogP contribution is 2.34. The first kappa shape index (κ1) is 42.1. The summed E-state index contributed by atoms with van der Waals surface area (Å²) in [6, 6.07) is 9.83. The molecule has 0 N–H and O–H groups in total. The highest BCUT2D eigenvalue weighted by molar-refractivity contribution is 6.38. The van der Waals surface area contributed by atoms with Crippen LogP contribution >= 0.6 is 11.6 Å². The van der Waals surface area contributed by atoms with Crippen molar-refractivity contribution in [3.05, 3.63) is 76.9 Å². The number of allylic oxidation sites excluding steroid dienone is 1. The highest BCUT2D eigenvalue weighted by Gasteiger charge is 2.42. The number of esters is 2. The number of benzene rings is 2. The van der Waals surface area contributed by atoms with Gasteiger partial charge in [-0.3, -0.25) is 9.59 Å². The van der Waals surface area contributed by atoms with Crippen LogP contribution in [0.1, 0.15) is 84.5 Å². The Morgan fingerprint density at radius 1 is 1.00 bits per heavy atom. The van der Waals surface area contributed by atoms with Crippen LogP contribution in [0.5, 0.6) is 17.2 Å². The third-order valence-electron chi connectivity index (χ3n) is 8.94. The zero-order chi connectivity index (χ0) is 38.6. The number of carbonyl (C=O) groups excluding carboxylic acids is 4. The first-order valence-corrected chi connectivity index (χ1v) is 18.2. The van der Waals surface area contributed by atoms with Crippen molar-refractivity contribution in [1.29, 1.82) is 0 Å². The van der Waals surface area contributed by atoms with Crippen molar-refractivity contribution in [2.45, 2.75) is 85.8 Å². The molecule has 3 rings (SSSR count). The normalized spacial score (nSPS) is 15.4. The van der Waals surface area contributed by atoms with E-state index in [0.717, 1.165) is 11.1 Å². The molecule has 1 saturated heterocycles. The number of Topliss-reactive ketones (excluding diaryl/α,β-unsaturated/α-hetero) is 1. The van der Waals surface area contributed by atoms with E-state index < -0.39 is 41.2 Å². The van der Waals surface area contributed by atoms with Crippen molar-refractivity contribution in [3.8, 4) is 17.2 Å². The number of nitrogens with zero attached hydrogens (tertiary/aromatic N) is 1. The maximum atomic E-state index is 14.0. The molecule has 0 bridgehead atoms. The Balaban J connectivity index is 1.87. The molecule has 10 nitrogen and oxygen atoms in total. The highest BCUT2D eigenvalue weighted by atomic mass is 35.5. The number of carbonyl (C=O) groups is 4. The molecule has 1 fully saturated rings. The van der Waals surface area contributed by atoms with Gasteiger partial charge in [0.15, 0.2) is 11.5 Å². The maximum Gasteiger partial charge on any atom is 0.330 e. The minimum atomic E-state index is -1.32. The van der Waals surface area contributed by atoms with Crippen LogP contribution in [0, 0.1) is 17.3 Å². The van der Waals surface area contributed by atoms with Gasteiger partial charge in [0.05, 0.1) is 19.6 Å². The van der Waals surface area contributed by atoms with E-state index in [2.05, 4.69) is 6.58 Å². The Morgan fingerprint density at radius 2 is 1.71 bits per heavy atom. The molecule has 0 spiro atoms. The number of hydrogen-bond donors (Lipinski definition) is 0. The lowest BCUT2D eigenvalue weighted by Crippen LogP contribution is -2.53. The van der Waals surface area contributed by atoms with Crippen LogP contribution in [-0.4, -0.2) is 68.5 Å². The second-order valence-electron chi connectivity index (χ2n) is 14.4. The van der Waals surface area contributed by atoms with Gasteiger partial charge in [-0.15, -0.1) is 0 Å². The molecule has 0 saturated carbocycles. The van der Waals surface area contributed by atoms with Gasteiger partial charge in [0.25, 0.3) is 5.91 Å². The molecule has 2 aromatic rings. The van der Waals surface area contributed by atoms with Crippen LogP contribution in [0.4, 0.5) is 0 Å². The fourth-order valence-electron chi connectivity index (χ4n) is 5.52. The smallest absolute Gasteiger partial charge is 0.330 e. The molecular weight excluding hydrogens is 686 g/mol. The van der Waals surface area contributed by atoms with Crippen molar-refractivity contribution in [2.75, 3.05) is 34.0 Å². The summed E-state index contributed by atoms with van der Waals surface area (Å²) < 4.78 is 28.4. The van der Waals surface area contributed by atoms with Crippen molar-refractivity contribution in [1.82, 2.24) is 4.90 Å². The third kappa shape index (κ3) is 12.1. The molecule has 1 aliphatic rings. The molecule has 11 heteroatoms. The van der Waals surface area contributed by atoms with E-state index in [0.29, 0.717) is 66.5 Å². The quantitative estimate of drug-likeness (QED) is 0.0651. The number of amides is 1. The summed E-state index contributed by atoms with van der Waals surface area (Å²) in [4.78, 5) is 54.8. The number of aryl methyl sites for hydroxylation is 1. The van der Waals surface area contributed by atoms with Crippen LogP contribution in [0.2, 0.25) is 5.02 Å². The summed E-state index contributed by atoms with van der Waals surface area (Å²) in [5.41, 5.74) is 1.14. The Hall–Kier alpha value is -4.31. The molecule has 0 aromatic heterocycles. The summed E-state index contributed by atoms with van der Waals surface area (Å²) >= 11 is 6.57. The molecule has 2 aromatic carbocycles. The van der Waals surface area contributed by atoms with Gasteiger partial charge < -0.3 is 28.6 Å². The van der Waals surface area contributed by atoms with E-state index in [4.69, 9.17) is 35.3 Å². The molecule has 1 amide bonds. The van der Waals surface area contributed by atoms with E-state index in [1.54, 1.807) is 52.3 Å². The topological polar surface area (TPSA) is 118 Å². The zero-order valence-corrected chi connectivity index (χ0v) is 32.5. The minimum absolute atomic E-state index is 0.148. The summed E-state index contributed by atoms with van der Waals surface area (Å²) in [6.07, 6.45) is 4.70. The number of ether oxygens (including phenoxy) is 5. The van der Waals surface area contributed by atoms with Gasteiger partial charge >= 0.3 is 11.9 Å². The average molecular weight is 740 g/mol. The summed E-state index contributed by atoms with van der Waals surface area (Å²) in [5.74, 6) is -0.749. The van der Waals surface area contributed by atoms with E-state index in [9.17, 15) is 19.2 Å². The van der Waals surface area contributed by atoms with E-state index in [1.165, 1.54) is 11.0 Å². The second kappa shape index (κ2) is 19.5. The SMILES string of the molecule is C=C(COc1cc(Cl)cc([C@@H](CCc2ccc(OC)c(OC)c2)OC(=O)[C@@H]2CCCCN2C(=O)C(=O)C(C)(C)COC(=O)C=CC(C)C)c1)C(C)C. The minimum Gasteiger partial charge on any atom is -0.493 e. The van der Waals surface area contributed by atoms with E-state index in [-0.39, 0.29) is 25.0 Å². The van der Waals surface area contributed by atoms with Crippen LogP contribution in [0.15, 0.2) is 60.7 Å². The van der Waals surface area contributed by atoms with Crippen molar-refractivity contribution in [2.24, 2.45) is 17.3 Å². The maximum absolute atomic E-state index is 14.0.